The van der Waals surface area contributed by atoms with Crippen LogP contribution in [-0.4, -0.2) is 38.9 Å². The number of hydrogen-bond donors (Lipinski definition) is 1. The van der Waals surface area contributed by atoms with Gasteiger partial charge in [0.2, 0.25) is 0 Å². The third kappa shape index (κ3) is 3.72. The summed E-state index contributed by atoms with van der Waals surface area (Å²) in [4.78, 5) is 11.8. The van der Waals surface area contributed by atoms with Gasteiger partial charge in [-0.1, -0.05) is 5.21 Å². The number of carboxylic acid groups (broad SMARTS) is 1. The minimum absolute atomic E-state index is 0.0329. The lowest BCUT2D eigenvalue weighted by atomic mass is 10.3. The number of rotatable bonds is 6. The minimum atomic E-state index is -1.06. The highest BCUT2D eigenvalue weighted by atomic mass is 32.2. The number of aryl methyl sites for hydroxylation is 1. The Morgan fingerprint density at radius 1 is 1.42 bits per heavy atom. The van der Waals surface area contributed by atoms with Gasteiger partial charge in [-0.25, -0.2) is 4.79 Å². The van der Waals surface area contributed by atoms with Gasteiger partial charge in [0, 0.05) is 10.6 Å². The molecule has 1 aromatic heterocycles. The Morgan fingerprint density at radius 3 is 2.74 bits per heavy atom. The van der Waals surface area contributed by atoms with Crippen LogP contribution in [0.25, 0.3) is 0 Å². The van der Waals surface area contributed by atoms with E-state index in [1.807, 2.05) is 24.3 Å². The quantitative estimate of drug-likeness (QED) is 0.812. The van der Waals surface area contributed by atoms with E-state index in [1.165, 1.54) is 10.9 Å². The number of methoxy groups -OCH3 is 1. The normalized spacial score (nSPS) is 10.4. The van der Waals surface area contributed by atoms with Crippen LogP contribution in [0, 0.1) is 0 Å². The van der Waals surface area contributed by atoms with Crippen molar-refractivity contribution in [3.05, 3.63) is 36.2 Å². The van der Waals surface area contributed by atoms with Crippen molar-refractivity contribution in [3.63, 3.8) is 0 Å². The van der Waals surface area contributed by atoms with Crippen molar-refractivity contribution in [1.29, 1.82) is 0 Å². The number of nitrogens with zero attached hydrogens (tertiary/aromatic N) is 3. The monoisotopic (exact) mass is 279 g/mol. The van der Waals surface area contributed by atoms with Crippen LogP contribution in [0.5, 0.6) is 5.75 Å². The summed E-state index contributed by atoms with van der Waals surface area (Å²) in [6, 6.07) is 7.77. The van der Waals surface area contributed by atoms with Gasteiger partial charge in [-0.05, 0) is 24.3 Å². The molecule has 1 N–H and O–H groups in total. The van der Waals surface area contributed by atoms with E-state index in [-0.39, 0.29) is 5.69 Å². The van der Waals surface area contributed by atoms with Gasteiger partial charge in [0.15, 0.2) is 5.69 Å². The molecule has 0 aliphatic heterocycles. The number of carbonyl (C=O) groups is 1. The molecule has 2 aromatic rings. The standard InChI is InChI=1S/C12H13N3O3S/c1-18-9-2-4-10(5-3-9)19-7-6-15-8-11(12(16)17)13-14-15/h2-5,8H,6-7H2,1H3,(H,16,17). The Bertz CT molecular complexity index is 554. The van der Waals surface area contributed by atoms with Crippen LogP contribution in [0.3, 0.4) is 0 Å². The zero-order chi connectivity index (χ0) is 13.7. The summed E-state index contributed by atoms with van der Waals surface area (Å²) in [5.41, 5.74) is -0.0329. The molecule has 100 valence electrons. The number of benzene rings is 1. The van der Waals surface area contributed by atoms with Crippen LogP contribution in [0.4, 0.5) is 0 Å². The van der Waals surface area contributed by atoms with Crippen LogP contribution in [0.1, 0.15) is 10.5 Å². The Kier molecular flexibility index (Phi) is 4.40. The van der Waals surface area contributed by atoms with E-state index in [4.69, 9.17) is 9.84 Å². The van der Waals surface area contributed by atoms with Crippen molar-refractivity contribution >= 4 is 17.7 Å². The molecule has 0 fully saturated rings. The van der Waals surface area contributed by atoms with Gasteiger partial charge in [0.05, 0.1) is 19.9 Å². The van der Waals surface area contributed by atoms with Crippen LogP contribution < -0.4 is 4.74 Å². The smallest absolute Gasteiger partial charge is 0.358 e. The Morgan fingerprint density at radius 2 is 2.16 bits per heavy atom. The van der Waals surface area contributed by atoms with E-state index < -0.39 is 5.97 Å². The third-order valence-corrected chi connectivity index (χ3v) is 3.40. The summed E-state index contributed by atoms with van der Waals surface area (Å²) >= 11 is 1.66. The molecule has 0 spiro atoms. The maximum atomic E-state index is 10.6. The van der Waals surface area contributed by atoms with Crippen molar-refractivity contribution in [1.82, 2.24) is 15.0 Å². The molecule has 0 bridgehead atoms. The molecular weight excluding hydrogens is 266 g/mol. The van der Waals surface area contributed by atoms with Crippen molar-refractivity contribution in [3.8, 4) is 5.75 Å². The fourth-order valence-corrected chi connectivity index (χ4v) is 2.28. The maximum absolute atomic E-state index is 10.6. The summed E-state index contributed by atoms with van der Waals surface area (Å²) < 4.78 is 6.61. The summed E-state index contributed by atoms with van der Waals surface area (Å²) in [5, 5.41) is 16.0. The fraction of sp³-hybridized carbons (Fsp3) is 0.250. The van der Waals surface area contributed by atoms with Gasteiger partial charge in [-0.3, -0.25) is 4.68 Å². The second-order valence-corrected chi connectivity index (χ2v) is 4.86. The lowest BCUT2D eigenvalue weighted by molar-refractivity contribution is 0.0690. The topological polar surface area (TPSA) is 77.2 Å². The van der Waals surface area contributed by atoms with Crippen molar-refractivity contribution < 1.29 is 14.6 Å². The van der Waals surface area contributed by atoms with E-state index in [0.29, 0.717) is 6.54 Å². The number of hydrogen-bond acceptors (Lipinski definition) is 5. The summed E-state index contributed by atoms with van der Waals surface area (Å²) in [6.07, 6.45) is 1.43. The van der Waals surface area contributed by atoms with E-state index in [2.05, 4.69) is 10.3 Å². The van der Waals surface area contributed by atoms with Gasteiger partial charge in [0.1, 0.15) is 5.75 Å². The average Bonchev–Trinajstić information content (AvgIpc) is 2.89. The van der Waals surface area contributed by atoms with Crippen LogP contribution in [-0.2, 0) is 6.54 Å². The molecule has 0 atom stereocenters. The van der Waals surface area contributed by atoms with Crippen molar-refractivity contribution in [2.24, 2.45) is 0 Å². The largest absolute Gasteiger partial charge is 0.497 e. The number of aromatic carboxylic acids is 1. The minimum Gasteiger partial charge on any atom is -0.497 e. The predicted molar refractivity (Wildman–Crippen MR) is 70.7 cm³/mol. The second kappa shape index (κ2) is 6.24. The van der Waals surface area contributed by atoms with Gasteiger partial charge in [-0.2, -0.15) is 0 Å². The molecule has 0 aliphatic carbocycles. The first kappa shape index (κ1) is 13.4. The first-order chi connectivity index (χ1) is 9.19. The highest BCUT2D eigenvalue weighted by Gasteiger charge is 2.07. The highest BCUT2D eigenvalue weighted by molar-refractivity contribution is 7.99. The summed E-state index contributed by atoms with van der Waals surface area (Å²) in [5.74, 6) is 0.551. The van der Waals surface area contributed by atoms with E-state index in [0.717, 1.165) is 16.4 Å². The van der Waals surface area contributed by atoms with E-state index in [1.54, 1.807) is 18.9 Å². The Labute approximate surface area is 114 Å². The van der Waals surface area contributed by atoms with Crippen molar-refractivity contribution in [2.45, 2.75) is 11.4 Å². The van der Waals surface area contributed by atoms with Gasteiger partial charge in [-0.15, -0.1) is 16.9 Å². The number of aromatic nitrogens is 3. The highest BCUT2D eigenvalue weighted by Crippen LogP contribution is 2.21. The van der Waals surface area contributed by atoms with Crippen LogP contribution in [0.15, 0.2) is 35.4 Å². The molecule has 7 heteroatoms. The summed E-state index contributed by atoms with van der Waals surface area (Å²) in [7, 11) is 1.63. The molecule has 0 radical (unpaired) electrons. The van der Waals surface area contributed by atoms with Crippen molar-refractivity contribution in [2.75, 3.05) is 12.9 Å². The van der Waals surface area contributed by atoms with Gasteiger partial charge in [0.25, 0.3) is 0 Å². The molecule has 0 aliphatic rings. The molecule has 0 amide bonds. The summed E-state index contributed by atoms with van der Waals surface area (Å²) in [6.45, 7) is 0.608. The molecule has 1 heterocycles. The Hall–Kier alpha value is -2.02. The van der Waals surface area contributed by atoms with Gasteiger partial charge >= 0.3 is 5.97 Å². The lowest BCUT2D eigenvalue weighted by Crippen LogP contribution is -2.01. The molecule has 2 rings (SSSR count). The predicted octanol–water partition coefficient (Wildman–Crippen LogP) is 1.78. The molecule has 0 unspecified atom stereocenters. The Balaban J connectivity index is 1.83. The average molecular weight is 279 g/mol. The van der Waals surface area contributed by atoms with E-state index in [9.17, 15) is 4.79 Å². The molecular formula is C12H13N3O3S. The molecule has 6 nitrogen and oxygen atoms in total. The SMILES string of the molecule is COc1ccc(SCCn2cc(C(=O)O)nn2)cc1. The fourth-order valence-electron chi connectivity index (χ4n) is 1.43. The zero-order valence-electron chi connectivity index (χ0n) is 10.3. The maximum Gasteiger partial charge on any atom is 0.358 e. The van der Waals surface area contributed by atoms with E-state index >= 15 is 0 Å². The van der Waals surface area contributed by atoms with Crippen LogP contribution in [0.2, 0.25) is 0 Å². The first-order valence-electron chi connectivity index (χ1n) is 5.59. The third-order valence-electron chi connectivity index (χ3n) is 2.41. The second-order valence-electron chi connectivity index (χ2n) is 3.70. The molecule has 1 aromatic carbocycles. The number of thioether (sulfide) groups is 1. The molecule has 0 saturated carbocycles. The first-order valence-corrected chi connectivity index (χ1v) is 6.58. The van der Waals surface area contributed by atoms with Gasteiger partial charge < -0.3 is 9.84 Å². The lowest BCUT2D eigenvalue weighted by Gasteiger charge is -2.03. The van der Waals surface area contributed by atoms with Crippen LogP contribution >= 0.6 is 11.8 Å². The number of ether oxygens (including phenoxy) is 1. The zero-order valence-corrected chi connectivity index (χ0v) is 11.1. The molecule has 19 heavy (non-hydrogen) atoms. The molecule has 0 saturated heterocycles. The number of carboxylic acids is 1.